The van der Waals surface area contributed by atoms with Gasteiger partial charge < -0.3 is 10.2 Å². The topological polar surface area (TPSA) is 52.0 Å². The minimum Gasteiger partial charge on any atom is -0.361 e. The first-order valence-electron chi connectivity index (χ1n) is 8.01. The van der Waals surface area contributed by atoms with Crippen LogP contribution in [-0.4, -0.2) is 16.9 Å². The second kappa shape index (κ2) is 6.43. The van der Waals surface area contributed by atoms with Gasteiger partial charge in [0, 0.05) is 23.8 Å². The number of nitrogens with zero attached hydrogens (tertiary/aromatic N) is 3. The van der Waals surface area contributed by atoms with Crippen molar-refractivity contribution in [2.75, 3.05) is 7.05 Å². The number of aromatic nitrogens is 1. The van der Waals surface area contributed by atoms with Crippen LogP contribution >= 0.6 is 11.3 Å². The van der Waals surface area contributed by atoms with Crippen LogP contribution in [0.2, 0.25) is 0 Å². The van der Waals surface area contributed by atoms with Crippen molar-refractivity contribution in [3.05, 3.63) is 76.1 Å². The van der Waals surface area contributed by atoms with Gasteiger partial charge in [0.15, 0.2) is 0 Å². The molecule has 0 amide bonds. The zero-order valence-electron chi connectivity index (χ0n) is 14.8. The maximum absolute atomic E-state index is 12.9. The first kappa shape index (κ1) is 19.0. The van der Waals surface area contributed by atoms with Gasteiger partial charge in [-0.25, -0.2) is 0 Å². The van der Waals surface area contributed by atoms with Gasteiger partial charge in [0.2, 0.25) is 0 Å². The van der Waals surface area contributed by atoms with Crippen molar-refractivity contribution in [2.24, 2.45) is 0 Å². The van der Waals surface area contributed by atoms with Gasteiger partial charge in [0.1, 0.15) is 10.9 Å². The number of likely N-dealkylation sites (N-methyl/N-ethyl adjacent to an activating group) is 1. The molecule has 1 saturated heterocycles. The largest absolute Gasteiger partial charge is 0.417 e. The second-order valence-electron chi connectivity index (χ2n) is 6.50. The molecule has 4 nitrogen and oxygen atoms in total. The van der Waals surface area contributed by atoms with Gasteiger partial charge in [-0.3, -0.25) is 4.98 Å². The van der Waals surface area contributed by atoms with Crippen molar-refractivity contribution in [3.8, 4) is 6.07 Å². The quantitative estimate of drug-likeness (QED) is 0.817. The van der Waals surface area contributed by atoms with Crippen LogP contribution in [0.3, 0.4) is 0 Å². The predicted molar refractivity (Wildman–Crippen MR) is 97.5 cm³/mol. The molecular formula is C19H17F3N4S. The smallest absolute Gasteiger partial charge is 0.361 e. The zero-order valence-corrected chi connectivity index (χ0v) is 15.6. The van der Waals surface area contributed by atoms with Gasteiger partial charge in [-0.1, -0.05) is 13.2 Å². The Bertz CT molecular complexity index is 939. The van der Waals surface area contributed by atoms with Crippen LogP contribution in [0.4, 0.5) is 13.2 Å². The Labute approximate surface area is 159 Å². The van der Waals surface area contributed by atoms with E-state index >= 15 is 0 Å². The number of nitriles is 1. The van der Waals surface area contributed by atoms with E-state index < -0.39 is 23.2 Å². The van der Waals surface area contributed by atoms with Crippen molar-refractivity contribution in [1.82, 2.24) is 15.2 Å². The van der Waals surface area contributed by atoms with Crippen molar-refractivity contribution < 1.29 is 13.2 Å². The molecule has 0 aliphatic carbocycles. The fourth-order valence-corrected chi connectivity index (χ4v) is 4.18. The van der Waals surface area contributed by atoms with Crippen LogP contribution in [-0.2, 0) is 11.7 Å². The third-order valence-corrected chi connectivity index (χ3v) is 6.02. The van der Waals surface area contributed by atoms with E-state index in [-0.39, 0.29) is 0 Å². The van der Waals surface area contributed by atoms with Crippen LogP contribution < -0.4 is 5.32 Å². The fraction of sp³-hybridized carbons (Fsp3) is 0.263. The molecule has 1 aliphatic rings. The molecule has 8 heteroatoms. The molecule has 0 saturated carbocycles. The summed E-state index contributed by atoms with van der Waals surface area (Å²) in [7, 11) is 1.78. The average Bonchev–Trinajstić information content (AvgIpc) is 3.09. The van der Waals surface area contributed by atoms with Crippen LogP contribution in [0.25, 0.3) is 0 Å². The SMILES string of the molecule is C=C1N[C@](C)(c2ccc(C#N)s2)[C@@H](c2ccc(C(F)(F)F)cn2)C(=C)N1C. The summed E-state index contributed by atoms with van der Waals surface area (Å²) in [5, 5.41) is 12.5. The van der Waals surface area contributed by atoms with Gasteiger partial charge in [0.05, 0.1) is 28.5 Å². The summed E-state index contributed by atoms with van der Waals surface area (Å²) < 4.78 is 38.7. The first-order valence-corrected chi connectivity index (χ1v) is 8.82. The summed E-state index contributed by atoms with van der Waals surface area (Å²) in [6.07, 6.45) is -3.61. The van der Waals surface area contributed by atoms with Crippen molar-refractivity contribution in [1.29, 1.82) is 5.26 Å². The highest BCUT2D eigenvalue weighted by Crippen LogP contribution is 2.47. The summed E-state index contributed by atoms with van der Waals surface area (Å²) in [5.41, 5.74) is -0.453. The molecule has 1 N–H and O–H groups in total. The van der Waals surface area contributed by atoms with Crippen molar-refractivity contribution in [3.63, 3.8) is 0 Å². The van der Waals surface area contributed by atoms with Crippen LogP contribution in [0.5, 0.6) is 0 Å². The number of pyridine rings is 1. The maximum Gasteiger partial charge on any atom is 0.417 e. The molecule has 140 valence electrons. The van der Waals surface area contributed by atoms with E-state index in [2.05, 4.69) is 29.5 Å². The highest BCUT2D eigenvalue weighted by Gasteiger charge is 2.46. The van der Waals surface area contributed by atoms with E-state index in [9.17, 15) is 13.2 Å². The third kappa shape index (κ3) is 3.19. The van der Waals surface area contributed by atoms with E-state index in [0.29, 0.717) is 22.1 Å². The molecule has 0 radical (unpaired) electrons. The summed E-state index contributed by atoms with van der Waals surface area (Å²) in [6.45, 7) is 10.0. The van der Waals surface area contributed by atoms with Crippen LogP contribution in [0.1, 0.15) is 33.9 Å². The van der Waals surface area contributed by atoms with E-state index in [1.807, 2.05) is 13.0 Å². The molecule has 3 heterocycles. The predicted octanol–water partition coefficient (Wildman–Crippen LogP) is 4.55. The van der Waals surface area contributed by atoms with E-state index in [1.165, 1.54) is 17.4 Å². The average molecular weight is 390 g/mol. The Kier molecular flexibility index (Phi) is 4.52. The minimum atomic E-state index is -4.45. The fourth-order valence-electron chi connectivity index (χ4n) is 3.25. The van der Waals surface area contributed by atoms with Crippen LogP contribution in [0, 0.1) is 11.3 Å². The Morgan fingerprint density at radius 3 is 2.52 bits per heavy atom. The number of hydrogen-bond donors (Lipinski definition) is 1. The molecule has 0 unspecified atom stereocenters. The monoisotopic (exact) mass is 390 g/mol. The molecule has 2 aromatic heterocycles. The summed E-state index contributed by atoms with van der Waals surface area (Å²) in [6, 6.07) is 8.05. The Hall–Kier alpha value is -2.79. The van der Waals surface area contributed by atoms with Gasteiger partial charge >= 0.3 is 6.18 Å². The van der Waals surface area contributed by atoms with Crippen molar-refractivity contribution in [2.45, 2.75) is 24.6 Å². The molecule has 0 bridgehead atoms. The molecular weight excluding hydrogens is 373 g/mol. The van der Waals surface area contributed by atoms with Crippen LogP contribution in [0.15, 0.2) is 55.1 Å². The number of hydrogen-bond acceptors (Lipinski definition) is 5. The lowest BCUT2D eigenvalue weighted by atomic mass is 9.77. The molecule has 1 aliphatic heterocycles. The molecule has 1 fully saturated rings. The van der Waals surface area contributed by atoms with E-state index in [4.69, 9.17) is 5.26 Å². The highest BCUT2D eigenvalue weighted by atomic mass is 32.1. The lowest BCUT2D eigenvalue weighted by Crippen LogP contribution is -2.53. The second-order valence-corrected chi connectivity index (χ2v) is 7.59. The molecule has 2 aromatic rings. The minimum absolute atomic E-state index is 0.444. The zero-order chi connectivity index (χ0) is 20.0. The number of rotatable bonds is 2. The Balaban J connectivity index is 2.11. The molecule has 2 atom stereocenters. The highest BCUT2D eigenvalue weighted by molar-refractivity contribution is 7.12. The Morgan fingerprint density at radius 1 is 1.30 bits per heavy atom. The lowest BCUT2D eigenvalue weighted by Gasteiger charge is -2.48. The lowest BCUT2D eigenvalue weighted by molar-refractivity contribution is -0.137. The van der Waals surface area contributed by atoms with Gasteiger partial charge in [-0.2, -0.15) is 18.4 Å². The maximum atomic E-state index is 12.9. The van der Waals surface area contributed by atoms with Crippen molar-refractivity contribution >= 4 is 11.3 Å². The molecule has 27 heavy (non-hydrogen) atoms. The van der Waals surface area contributed by atoms with E-state index in [0.717, 1.165) is 17.1 Å². The number of thiophene rings is 1. The molecule has 0 aromatic carbocycles. The van der Waals surface area contributed by atoms with E-state index in [1.54, 1.807) is 18.0 Å². The third-order valence-electron chi connectivity index (χ3n) is 4.79. The first-order chi connectivity index (χ1) is 12.6. The number of alkyl halides is 3. The summed E-state index contributed by atoms with van der Waals surface area (Å²) in [5.74, 6) is 0.165. The standard InChI is InChI=1S/C19H17F3N4S/c1-11-17(15-7-5-13(10-24-15)19(20,21)22)18(3,25-12(2)26(11)4)16-8-6-14(9-23)27-16/h5-8,10,17,25H,1-2H2,3-4H3/t17-,18-/m1/s1. The molecule has 0 spiro atoms. The van der Waals surface area contributed by atoms with Gasteiger partial charge in [-0.15, -0.1) is 11.3 Å². The Morgan fingerprint density at radius 2 is 2.00 bits per heavy atom. The number of halogens is 3. The van der Waals surface area contributed by atoms with Gasteiger partial charge in [-0.05, 0) is 31.2 Å². The summed E-state index contributed by atoms with van der Waals surface area (Å²) in [4.78, 5) is 7.24. The number of nitrogens with one attached hydrogen (secondary N) is 1. The summed E-state index contributed by atoms with van der Waals surface area (Å²) >= 11 is 1.32. The normalized spacial score (nSPS) is 23.1. The molecule has 3 rings (SSSR count). The van der Waals surface area contributed by atoms with Gasteiger partial charge in [0.25, 0.3) is 0 Å².